The first-order valence-electron chi connectivity index (χ1n) is 5.12. The summed E-state index contributed by atoms with van der Waals surface area (Å²) >= 11 is 0. The van der Waals surface area contributed by atoms with E-state index in [-0.39, 0.29) is 5.91 Å². The zero-order valence-corrected chi connectivity index (χ0v) is 9.18. The van der Waals surface area contributed by atoms with Crippen molar-refractivity contribution in [3.63, 3.8) is 0 Å². The van der Waals surface area contributed by atoms with Gasteiger partial charge in [-0.1, -0.05) is 0 Å². The van der Waals surface area contributed by atoms with E-state index in [4.69, 9.17) is 5.84 Å². The van der Waals surface area contributed by atoms with Crippen molar-refractivity contribution in [1.82, 2.24) is 9.88 Å². The van der Waals surface area contributed by atoms with Crippen molar-refractivity contribution in [3.8, 4) is 0 Å². The number of carbonyl (C=O) groups is 1. The summed E-state index contributed by atoms with van der Waals surface area (Å²) in [4.78, 5) is 19.3. The zero-order chi connectivity index (χ0) is 11.5. The van der Waals surface area contributed by atoms with Crippen molar-refractivity contribution in [2.45, 2.75) is 0 Å². The fourth-order valence-corrected chi connectivity index (χ4v) is 1.67. The number of amides is 1. The highest BCUT2D eigenvalue weighted by Gasteiger charge is 2.21. The molecule has 1 amide bonds. The Hall–Kier alpha value is -1.82. The third-order valence-corrected chi connectivity index (χ3v) is 2.71. The first-order valence-corrected chi connectivity index (χ1v) is 5.12. The molecule has 0 aromatic carbocycles. The monoisotopic (exact) mass is 221 g/mol. The summed E-state index contributed by atoms with van der Waals surface area (Å²) in [5.74, 6) is 6.02. The Balaban J connectivity index is 2.15. The second-order valence-electron chi connectivity index (χ2n) is 3.78. The summed E-state index contributed by atoms with van der Waals surface area (Å²) in [5, 5.41) is 0. The van der Waals surface area contributed by atoms with E-state index in [2.05, 4.69) is 10.4 Å². The van der Waals surface area contributed by atoms with Crippen LogP contribution in [-0.2, 0) is 4.79 Å². The summed E-state index contributed by atoms with van der Waals surface area (Å²) in [6, 6.07) is 3.71. The Morgan fingerprint density at radius 2 is 2.31 bits per heavy atom. The van der Waals surface area contributed by atoms with Gasteiger partial charge in [-0.2, -0.15) is 0 Å². The standard InChI is InChI=1S/C10H15N5O/c1-14-4-5-15(7-10(14)16)8-2-3-12-9(6-8)13-11/h2-3,6H,4-5,7,11H2,1H3,(H,12,13). The van der Waals surface area contributed by atoms with Crippen molar-refractivity contribution in [2.24, 2.45) is 5.84 Å². The van der Waals surface area contributed by atoms with Gasteiger partial charge in [-0.3, -0.25) is 4.79 Å². The molecule has 1 aromatic rings. The van der Waals surface area contributed by atoms with Crippen molar-refractivity contribution in [3.05, 3.63) is 18.3 Å². The van der Waals surface area contributed by atoms with E-state index in [1.165, 1.54) is 0 Å². The first-order chi connectivity index (χ1) is 7.70. The second kappa shape index (κ2) is 4.36. The number of aromatic nitrogens is 1. The van der Waals surface area contributed by atoms with Crippen molar-refractivity contribution in [1.29, 1.82) is 0 Å². The highest BCUT2D eigenvalue weighted by atomic mass is 16.2. The molecule has 0 bridgehead atoms. The number of rotatable bonds is 2. The van der Waals surface area contributed by atoms with E-state index < -0.39 is 0 Å². The molecule has 0 saturated carbocycles. The van der Waals surface area contributed by atoms with Crippen LogP contribution < -0.4 is 16.2 Å². The molecule has 0 radical (unpaired) electrons. The number of likely N-dealkylation sites (N-methyl/N-ethyl adjacent to an activating group) is 1. The SMILES string of the molecule is CN1CCN(c2ccnc(NN)c2)CC1=O. The van der Waals surface area contributed by atoms with Gasteiger partial charge in [-0.25, -0.2) is 10.8 Å². The maximum atomic E-state index is 11.6. The highest BCUT2D eigenvalue weighted by Crippen LogP contribution is 2.18. The summed E-state index contributed by atoms with van der Waals surface area (Å²) < 4.78 is 0. The van der Waals surface area contributed by atoms with Gasteiger partial charge in [-0.05, 0) is 6.07 Å². The predicted molar refractivity (Wildman–Crippen MR) is 61.9 cm³/mol. The van der Waals surface area contributed by atoms with Crippen LogP contribution in [0, 0.1) is 0 Å². The summed E-state index contributed by atoms with van der Waals surface area (Å²) in [7, 11) is 1.82. The number of nitrogens with two attached hydrogens (primary N) is 1. The molecule has 6 heteroatoms. The first kappa shape index (κ1) is 10.7. The molecule has 0 unspecified atom stereocenters. The molecule has 1 aliphatic heterocycles. The van der Waals surface area contributed by atoms with Crippen LogP contribution >= 0.6 is 0 Å². The minimum Gasteiger partial charge on any atom is -0.360 e. The van der Waals surface area contributed by atoms with Crippen molar-refractivity contribution < 1.29 is 4.79 Å². The largest absolute Gasteiger partial charge is 0.360 e. The van der Waals surface area contributed by atoms with Gasteiger partial charge < -0.3 is 15.2 Å². The van der Waals surface area contributed by atoms with E-state index >= 15 is 0 Å². The topological polar surface area (TPSA) is 74.5 Å². The van der Waals surface area contributed by atoms with Crippen LogP contribution in [0.2, 0.25) is 0 Å². The number of piperazine rings is 1. The molecule has 16 heavy (non-hydrogen) atoms. The number of anilines is 2. The Bertz CT molecular complexity index is 395. The van der Waals surface area contributed by atoms with Gasteiger partial charge in [0.15, 0.2) is 0 Å². The molecule has 1 aliphatic rings. The average molecular weight is 221 g/mol. The van der Waals surface area contributed by atoms with Gasteiger partial charge in [0.2, 0.25) is 5.91 Å². The molecule has 0 spiro atoms. The van der Waals surface area contributed by atoms with Crippen LogP contribution in [0.25, 0.3) is 0 Å². The molecule has 2 heterocycles. The van der Waals surface area contributed by atoms with Crippen LogP contribution in [0.5, 0.6) is 0 Å². The lowest BCUT2D eigenvalue weighted by Crippen LogP contribution is -2.48. The lowest BCUT2D eigenvalue weighted by molar-refractivity contribution is -0.129. The highest BCUT2D eigenvalue weighted by molar-refractivity contribution is 5.82. The van der Waals surface area contributed by atoms with Crippen LogP contribution in [0.3, 0.4) is 0 Å². The fourth-order valence-electron chi connectivity index (χ4n) is 1.67. The molecule has 0 aliphatic carbocycles. The minimum absolute atomic E-state index is 0.130. The van der Waals surface area contributed by atoms with Crippen LogP contribution in [0.4, 0.5) is 11.5 Å². The molecule has 1 saturated heterocycles. The van der Waals surface area contributed by atoms with E-state index in [0.29, 0.717) is 12.4 Å². The molecule has 1 fully saturated rings. The second-order valence-corrected chi connectivity index (χ2v) is 3.78. The van der Waals surface area contributed by atoms with E-state index in [9.17, 15) is 4.79 Å². The van der Waals surface area contributed by atoms with E-state index in [1.54, 1.807) is 11.1 Å². The number of nitrogens with zero attached hydrogens (tertiary/aromatic N) is 3. The third-order valence-electron chi connectivity index (χ3n) is 2.71. The van der Waals surface area contributed by atoms with E-state index in [1.807, 2.05) is 24.1 Å². The van der Waals surface area contributed by atoms with Crippen molar-refractivity contribution in [2.75, 3.05) is 37.0 Å². The van der Waals surface area contributed by atoms with Gasteiger partial charge in [0.25, 0.3) is 0 Å². The third kappa shape index (κ3) is 2.06. The van der Waals surface area contributed by atoms with Gasteiger partial charge in [0.05, 0.1) is 6.54 Å². The number of nitrogens with one attached hydrogen (secondary N) is 1. The number of hydrazine groups is 1. The van der Waals surface area contributed by atoms with Gasteiger partial charge in [-0.15, -0.1) is 0 Å². The molecule has 1 aromatic heterocycles. The maximum absolute atomic E-state index is 11.6. The zero-order valence-electron chi connectivity index (χ0n) is 9.18. The minimum atomic E-state index is 0.130. The number of nitrogen functional groups attached to an aromatic ring is 1. The summed E-state index contributed by atoms with van der Waals surface area (Å²) in [5.41, 5.74) is 3.46. The number of hydrogen-bond acceptors (Lipinski definition) is 5. The Morgan fingerprint density at radius 3 is 3.00 bits per heavy atom. The molecule has 2 rings (SSSR count). The lowest BCUT2D eigenvalue weighted by Gasteiger charge is -2.33. The smallest absolute Gasteiger partial charge is 0.241 e. The van der Waals surface area contributed by atoms with Gasteiger partial charge in [0.1, 0.15) is 5.82 Å². The number of carbonyl (C=O) groups excluding carboxylic acids is 1. The number of hydrogen-bond donors (Lipinski definition) is 2. The van der Waals surface area contributed by atoms with Crippen LogP contribution in [-0.4, -0.2) is 42.5 Å². The maximum Gasteiger partial charge on any atom is 0.241 e. The molecule has 3 N–H and O–H groups in total. The van der Waals surface area contributed by atoms with Gasteiger partial charge in [0, 0.05) is 38.1 Å². The number of pyridine rings is 1. The molecular formula is C10H15N5O. The molecule has 0 atom stereocenters. The normalized spacial score (nSPS) is 16.5. The van der Waals surface area contributed by atoms with E-state index in [0.717, 1.165) is 18.8 Å². The molecule has 6 nitrogen and oxygen atoms in total. The Morgan fingerprint density at radius 1 is 1.50 bits per heavy atom. The molecule has 86 valence electrons. The van der Waals surface area contributed by atoms with Crippen LogP contribution in [0.15, 0.2) is 18.3 Å². The summed E-state index contributed by atoms with van der Waals surface area (Å²) in [6.45, 7) is 1.98. The fraction of sp³-hybridized carbons (Fsp3) is 0.400. The van der Waals surface area contributed by atoms with Crippen LogP contribution in [0.1, 0.15) is 0 Å². The summed E-state index contributed by atoms with van der Waals surface area (Å²) in [6.07, 6.45) is 1.67. The Labute approximate surface area is 94.0 Å². The Kier molecular flexibility index (Phi) is 2.91. The van der Waals surface area contributed by atoms with Gasteiger partial charge >= 0.3 is 0 Å². The average Bonchev–Trinajstić information content (AvgIpc) is 2.33. The van der Waals surface area contributed by atoms with Crippen molar-refractivity contribution >= 4 is 17.4 Å². The predicted octanol–water partition coefficient (Wildman–Crippen LogP) is -0.354. The lowest BCUT2D eigenvalue weighted by atomic mass is 10.2. The molecular weight excluding hydrogens is 206 g/mol. The quantitative estimate of drug-likeness (QED) is 0.527.